The van der Waals surface area contributed by atoms with Gasteiger partial charge >= 0.3 is 5.97 Å². The number of carbonyl (C=O) groups excluding carboxylic acids is 2. The number of likely N-dealkylation sites (N-methyl/N-ethyl adjacent to an activating group) is 2. The molecule has 0 aliphatic rings. The maximum absolute atomic E-state index is 13.6. The maximum Gasteiger partial charge on any atom is 0.331 e. The first-order chi connectivity index (χ1) is 16.2. The molecular formula is C27H40N4O4. The number of benzene rings is 1. The first-order valence-electron chi connectivity index (χ1n) is 11.9. The highest BCUT2D eigenvalue weighted by Gasteiger charge is 2.40. The van der Waals surface area contributed by atoms with Crippen LogP contribution in [0.4, 0.5) is 0 Å². The van der Waals surface area contributed by atoms with Gasteiger partial charge in [0.15, 0.2) is 0 Å². The average Bonchev–Trinajstić information content (AvgIpc) is 3.14. The predicted octanol–water partition coefficient (Wildman–Crippen LogP) is 3.06. The Balaban J connectivity index is 2.32. The topological polar surface area (TPSA) is 104 Å². The number of nitrogens with zero attached hydrogens (tertiary/aromatic N) is 2. The maximum atomic E-state index is 13.6. The molecule has 35 heavy (non-hydrogen) atoms. The third-order valence-electron chi connectivity index (χ3n) is 6.88. The lowest BCUT2D eigenvalue weighted by atomic mass is 9.77. The molecule has 0 aliphatic heterocycles. The summed E-state index contributed by atoms with van der Waals surface area (Å²) in [6.07, 6.45) is 3.58. The van der Waals surface area contributed by atoms with E-state index in [1.165, 1.54) is 17.9 Å². The van der Waals surface area contributed by atoms with Crippen molar-refractivity contribution in [3.63, 3.8) is 0 Å². The predicted molar refractivity (Wildman–Crippen MR) is 139 cm³/mol. The molecule has 2 aromatic rings. The lowest BCUT2D eigenvalue weighted by Crippen LogP contribution is -2.59. The Morgan fingerprint density at radius 2 is 1.74 bits per heavy atom. The van der Waals surface area contributed by atoms with Crippen molar-refractivity contribution in [3.8, 4) is 0 Å². The van der Waals surface area contributed by atoms with Crippen LogP contribution in [0.1, 0.15) is 47.1 Å². The molecule has 2 rings (SSSR count). The summed E-state index contributed by atoms with van der Waals surface area (Å²) in [5.41, 5.74) is 1.71. The smallest absolute Gasteiger partial charge is 0.331 e. The number of carboxylic acid groups (broad SMARTS) is 1. The molecule has 8 nitrogen and oxygen atoms in total. The fraction of sp³-hybridized carbons (Fsp3) is 0.519. The van der Waals surface area contributed by atoms with Gasteiger partial charge in [-0.3, -0.25) is 9.59 Å². The van der Waals surface area contributed by atoms with Crippen LogP contribution in [0.25, 0.3) is 10.9 Å². The summed E-state index contributed by atoms with van der Waals surface area (Å²) in [6, 6.07) is 6.29. The van der Waals surface area contributed by atoms with Crippen molar-refractivity contribution in [2.45, 2.75) is 65.1 Å². The minimum absolute atomic E-state index is 0.161. The number of hydrogen-bond acceptors (Lipinski definition) is 4. The third kappa shape index (κ3) is 5.93. The second kappa shape index (κ2) is 11.1. The summed E-state index contributed by atoms with van der Waals surface area (Å²) >= 11 is 0. The van der Waals surface area contributed by atoms with Crippen molar-refractivity contribution in [1.29, 1.82) is 0 Å². The lowest BCUT2D eigenvalue weighted by molar-refractivity contribution is -0.138. The Hall–Kier alpha value is -3.13. The lowest BCUT2D eigenvalue weighted by Gasteiger charge is -2.36. The van der Waals surface area contributed by atoms with Gasteiger partial charge in [0.05, 0.1) is 6.04 Å². The Morgan fingerprint density at radius 1 is 1.14 bits per heavy atom. The van der Waals surface area contributed by atoms with E-state index in [-0.39, 0.29) is 23.3 Å². The SMILES string of the molecule is CN[C@H](C(=O)N[C@H](C(=O)N(C)[C@H](C)/C=C(\C)C(=O)O)C(C)C)C(C)(C)c1cn(C)c2ccccc12. The molecule has 1 aromatic carbocycles. The van der Waals surface area contributed by atoms with Gasteiger partial charge in [-0.15, -0.1) is 0 Å². The van der Waals surface area contributed by atoms with Gasteiger partial charge in [-0.2, -0.15) is 0 Å². The number of fused-ring (bicyclic) bond motifs is 1. The van der Waals surface area contributed by atoms with Crippen LogP contribution in [-0.2, 0) is 26.8 Å². The Bertz CT molecular complexity index is 1120. The first kappa shape index (κ1) is 28.1. The number of carboxylic acids is 1. The Labute approximate surface area is 208 Å². The fourth-order valence-electron chi connectivity index (χ4n) is 4.55. The molecule has 0 spiro atoms. The van der Waals surface area contributed by atoms with Crippen LogP contribution in [0, 0.1) is 5.92 Å². The van der Waals surface area contributed by atoms with Crippen molar-refractivity contribution < 1.29 is 19.5 Å². The number of hydrogen-bond donors (Lipinski definition) is 3. The van der Waals surface area contributed by atoms with E-state index in [0.29, 0.717) is 0 Å². The summed E-state index contributed by atoms with van der Waals surface area (Å²) < 4.78 is 2.06. The fourth-order valence-corrected chi connectivity index (χ4v) is 4.55. The number of nitrogens with one attached hydrogen (secondary N) is 2. The molecule has 1 heterocycles. The molecule has 0 bridgehead atoms. The van der Waals surface area contributed by atoms with Crippen LogP contribution in [0.2, 0.25) is 0 Å². The van der Waals surface area contributed by atoms with Crippen LogP contribution in [-0.4, -0.2) is 64.6 Å². The van der Waals surface area contributed by atoms with Crippen molar-refractivity contribution in [3.05, 3.63) is 47.7 Å². The largest absolute Gasteiger partial charge is 0.478 e. The van der Waals surface area contributed by atoms with Crippen LogP contribution in [0.15, 0.2) is 42.1 Å². The highest BCUT2D eigenvalue weighted by atomic mass is 16.4. The number of carbonyl (C=O) groups is 3. The molecule has 0 unspecified atom stereocenters. The quantitative estimate of drug-likeness (QED) is 0.450. The van der Waals surface area contributed by atoms with Crippen molar-refractivity contribution in [1.82, 2.24) is 20.1 Å². The zero-order chi connectivity index (χ0) is 26.7. The summed E-state index contributed by atoms with van der Waals surface area (Å²) in [5.74, 6) is -1.73. The van der Waals surface area contributed by atoms with Gasteiger partial charge < -0.3 is 25.2 Å². The zero-order valence-electron chi connectivity index (χ0n) is 22.3. The molecule has 0 aliphatic carbocycles. The van der Waals surface area contributed by atoms with Crippen LogP contribution in [0.3, 0.4) is 0 Å². The summed E-state index contributed by atoms with van der Waals surface area (Å²) in [6.45, 7) is 11.0. The molecule has 2 amide bonds. The number of rotatable bonds is 10. The number of amides is 2. The molecule has 192 valence electrons. The molecule has 3 atom stereocenters. The molecule has 0 saturated carbocycles. The van der Waals surface area contributed by atoms with E-state index in [9.17, 15) is 14.4 Å². The average molecular weight is 485 g/mol. The van der Waals surface area contributed by atoms with Crippen LogP contribution in [0.5, 0.6) is 0 Å². The van der Waals surface area contributed by atoms with Crippen LogP contribution < -0.4 is 10.6 Å². The van der Waals surface area contributed by atoms with Gasteiger partial charge in [-0.25, -0.2) is 4.79 Å². The third-order valence-corrected chi connectivity index (χ3v) is 6.88. The molecule has 1 aromatic heterocycles. The summed E-state index contributed by atoms with van der Waals surface area (Å²) in [7, 11) is 5.36. The van der Waals surface area contributed by atoms with E-state index in [2.05, 4.69) is 27.5 Å². The van der Waals surface area contributed by atoms with Gasteiger partial charge in [-0.1, -0.05) is 52.0 Å². The van der Waals surface area contributed by atoms with Crippen molar-refractivity contribution in [2.24, 2.45) is 13.0 Å². The normalized spacial score (nSPS) is 15.1. The number of aromatic nitrogens is 1. The molecule has 3 N–H and O–H groups in total. The summed E-state index contributed by atoms with van der Waals surface area (Å²) in [5, 5.41) is 16.4. The van der Waals surface area contributed by atoms with Gasteiger partial charge in [0.2, 0.25) is 11.8 Å². The Morgan fingerprint density at radius 3 is 2.29 bits per heavy atom. The van der Waals surface area contributed by atoms with Gasteiger partial charge in [0.1, 0.15) is 6.04 Å². The molecule has 0 fully saturated rings. The zero-order valence-corrected chi connectivity index (χ0v) is 22.3. The standard InChI is InChI=1S/C27H40N4O4/c1-16(2)22(25(33)31(9)18(4)14-17(3)26(34)35)29-24(32)23(28-7)27(5,6)20-15-30(8)21-13-11-10-12-19(20)21/h10-16,18,22-23,28H,1-9H3,(H,29,32)(H,34,35)/b17-14+/t18-,22+,23-/m1/s1. The van der Waals surface area contributed by atoms with E-state index < -0.39 is 29.5 Å². The van der Waals surface area contributed by atoms with E-state index in [4.69, 9.17) is 5.11 Å². The van der Waals surface area contributed by atoms with E-state index in [0.717, 1.165) is 16.5 Å². The number of para-hydroxylation sites is 1. The molecule has 0 radical (unpaired) electrons. The number of aryl methyl sites for hydroxylation is 1. The minimum atomic E-state index is -1.03. The molecular weight excluding hydrogens is 444 g/mol. The molecule has 0 saturated heterocycles. The highest BCUT2D eigenvalue weighted by Crippen LogP contribution is 2.34. The molecule has 8 heteroatoms. The summed E-state index contributed by atoms with van der Waals surface area (Å²) in [4.78, 5) is 39.6. The van der Waals surface area contributed by atoms with Crippen molar-refractivity contribution in [2.75, 3.05) is 14.1 Å². The van der Waals surface area contributed by atoms with Crippen molar-refractivity contribution >= 4 is 28.7 Å². The monoisotopic (exact) mass is 484 g/mol. The Kier molecular flexibility index (Phi) is 8.89. The minimum Gasteiger partial charge on any atom is -0.478 e. The van der Waals surface area contributed by atoms with E-state index in [1.807, 2.05) is 52.9 Å². The second-order valence-corrected chi connectivity index (χ2v) is 10.2. The van der Waals surface area contributed by atoms with E-state index >= 15 is 0 Å². The van der Waals surface area contributed by atoms with E-state index in [1.54, 1.807) is 21.0 Å². The van der Waals surface area contributed by atoms with Gasteiger partial charge in [0.25, 0.3) is 0 Å². The van der Waals surface area contributed by atoms with Gasteiger partial charge in [0, 0.05) is 48.2 Å². The van der Waals surface area contributed by atoms with Crippen LogP contribution >= 0.6 is 0 Å². The second-order valence-electron chi connectivity index (χ2n) is 10.2. The van der Waals surface area contributed by atoms with Gasteiger partial charge in [-0.05, 0) is 38.4 Å². The highest BCUT2D eigenvalue weighted by molar-refractivity contribution is 5.92. The first-order valence-corrected chi connectivity index (χ1v) is 11.9. The number of aliphatic carboxylic acids is 1.